The smallest absolute Gasteiger partial charge is 0.0600 e. The first kappa shape index (κ1) is 17.2. The van der Waals surface area contributed by atoms with Crippen molar-refractivity contribution >= 4 is 0 Å². The first-order valence-electron chi connectivity index (χ1n) is 8.71. The molecular weight excluding hydrogens is 260 g/mol. The van der Waals surface area contributed by atoms with Crippen molar-refractivity contribution in [2.24, 2.45) is 5.41 Å². The summed E-state index contributed by atoms with van der Waals surface area (Å²) in [5, 5.41) is 0. The van der Waals surface area contributed by atoms with E-state index in [1.54, 1.807) is 0 Å². The summed E-state index contributed by atoms with van der Waals surface area (Å²) in [6.45, 7) is 20.5. The van der Waals surface area contributed by atoms with E-state index < -0.39 is 0 Å². The number of hydrogen-bond donors (Lipinski definition) is 0. The second kappa shape index (κ2) is 6.17. The maximum absolute atomic E-state index is 5.88. The van der Waals surface area contributed by atoms with Gasteiger partial charge in [-0.05, 0) is 85.9 Å². The lowest BCUT2D eigenvalue weighted by molar-refractivity contribution is -0.0132. The number of piperidine rings is 1. The van der Waals surface area contributed by atoms with E-state index in [0.29, 0.717) is 11.0 Å². The minimum atomic E-state index is -0.00450. The molecule has 0 atom stereocenters. The van der Waals surface area contributed by atoms with Crippen molar-refractivity contribution in [3.63, 3.8) is 0 Å². The highest BCUT2D eigenvalue weighted by Gasteiger charge is 2.41. The topological polar surface area (TPSA) is 15.7 Å². The number of rotatable bonds is 3. The summed E-state index contributed by atoms with van der Waals surface area (Å²) < 4.78 is 5.88. The molecule has 0 aromatic carbocycles. The van der Waals surface area contributed by atoms with E-state index in [4.69, 9.17) is 4.74 Å². The Hall–Kier alpha value is -0.120. The van der Waals surface area contributed by atoms with Crippen LogP contribution in [0, 0.1) is 5.41 Å². The Kier molecular flexibility index (Phi) is 5.07. The third-order valence-corrected chi connectivity index (χ3v) is 5.23. The lowest BCUT2D eigenvalue weighted by atomic mass is 9.77. The van der Waals surface area contributed by atoms with Gasteiger partial charge in [-0.3, -0.25) is 4.90 Å². The van der Waals surface area contributed by atoms with E-state index in [-0.39, 0.29) is 5.60 Å². The van der Waals surface area contributed by atoms with Crippen LogP contribution in [0.4, 0.5) is 0 Å². The minimum absolute atomic E-state index is 0.00450. The lowest BCUT2D eigenvalue weighted by Crippen LogP contribution is -2.49. The summed E-state index contributed by atoms with van der Waals surface area (Å²) in [4.78, 5) is 5.28. The van der Waals surface area contributed by atoms with E-state index >= 15 is 0 Å². The summed E-state index contributed by atoms with van der Waals surface area (Å²) in [7, 11) is 0. The lowest BCUT2D eigenvalue weighted by Gasteiger charge is -2.45. The molecule has 2 aliphatic rings. The van der Waals surface area contributed by atoms with Crippen molar-refractivity contribution in [1.82, 2.24) is 9.80 Å². The molecule has 3 nitrogen and oxygen atoms in total. The molecular formula is C18H36N2O. The van der Waals surface area contributed by atoms with Crippen molar-refractivity contribution < 1.29 is 4.74 Å². The van der Waals surface area contributed by atoms with Crippen LogP contribution in [0.3, 0.4) is 0 Å². The molecule has 2 fully saturated rings. The highest BCUT2D eigenvalue weighted by Crippen LogP contribution is 2.41. The van der Waals surface area contributed by atoms with Gasteiger partial charge in [0.25, 0.3) is 0 Å². The molecule has 21 heavy (non-hydrogen) atoms. The normalized spacial score (nSPS) is 24.9. The molecule has 0 radical (unpaired) electrons. The average Bonchev–Trinajstić information content (AvgIpc) is 2.70. The molecule has 0 aromatic heterocycles. The van der Waals surface area contributed by atoms with Gasteiger partial charge in [0.1, 0.15) is 0 Å². The standard InChI is InChI=1S/C18H36N2O/c1-16(2,3)20-11-8-18(9-12-20)7-10-19(15-18)13-14-21-17(4,5)6/h7-15H2,1-6H3. The van der Waals surface area contributed by atoms with Gasteiger partial charge in [-0.1, -0.05) is 0 Å². The molecule has 1 spiro atoms. The quantitative estimate of drug-likeness (QED) is 0.794. The summed E-state index contributed by atoms with van der Waals surface area (Å²) in [6.07, 6.45) is 4.14. The third-order valence-electron chi connectivity index (χ3n) is 5.23. The summed E-state index contributed by atoms with van der Waals surface area (Å²) in [6, 6.07) is 0. The summed E-state index contributed by atoms with van der Waals surface area (Å²) >= 11 is 0. The zero-order chi connectivity index (χ0) is 15.7. The van der Waals surface area contributed by atoms with E-state index in [1.165, 1.54) is 45.4 Å². The highest BCUT2D eigenvalue weighted by atomic mass is 16.5. The van der Waals surface area contributed by atoms with Crippen molar-refractivity contribution in [2.75, 3.05) is 39.3 Å². The SMILES string of the molecule is CC(C)(C)OCCN1CCC2(CCN(C(C)(C)C)CC2)C1. The number of hydrogen-bond acceptors (Lipinski definition) is 3. The molecule has 2 heterocycles. The monoisotopic (exact) mass is 296 g/mol. The van der Waals surface area contributed by atoms with Gasteiger partial charge in [0.15, 0.2) is 0 Å². The van der Waals surface area contributed by atoms with Crippen molar-refractivity contribution in [2.45, 2.75) is 71.9 Å². The second-order valence-corrected chi connectivity index (χ2v) is 9.14. The molecule has 0 amide bonds. The fourth-order valence-corrected chi connectivity index (χ4v) is 3.76. The van der Waals surface area contributed by atoms with Gasteiger partial charge in [0, 0.05) is 18.6 Å². The van der Waals surface area contributed by atoms with E-state index in [1.807, 2.05) is 0 Å². The Balaban J connectivity index is 1.75. The summed E-state index contributed by atoms with van der Waals surface area (Å²) in [5.41, 5.74) is 0.930. The van der Waals surface area contributed by atoms with Gasteiger partial charge in [-0.15, -0.1) is 0 Å². The van der Waals surface area contributed by atoms with E-state index in [0.717, 1.165) is 13.2 Å². The molecule has 0 saturated carbocycles. The predicted octanol–water partition coefficient (Wildman–Crippen LogP) is 3.39. The van der Waals surface area contributed by atoms with Gasteiger partial charge >= 0.3 is 0 Å². The van der Waals surface area contributed by atoms with Crippen LogP contribution in [-0.2, 0) is 4.74 Å². The molecule has 2 rings (SSSR count). The first-order valence-corrected chi connectivity index (χ1v) is 8.71. The zero-order valence-corrected chi connectivity index (χ0v) is 15.2. The van der Waals surface area contributed by atoms with E-state index in [2.05, 4.69) is 51.3 Å². The molecule has 0 N–H and O–H groups in total. The van der Waals surface area contributed by atoms with Crippen LogP contribution >= 0.6 is 0 Å². The number of likely N-dealkylation sites (tertiary alicyclic amines) is 2. The molecule has 0 aromatic rings. The molecule has 2 aliphatic heterocycles. The van der Waals surface area contributed by atoms with Gasteiger partial charge < -0.3 is 9.64 Å². The molecule has 0 unspecified atom stereocenters. The molecule has 2 saturated heterocycles. The van der Waals surface area contributed by atoms with Gasteiger partial charge in [-0.25, -0.2) is 0 Å². The van der Waals surface area contributed by atoms with Crippen LogP contribution in [0.1, 0.15) is 60.8 Å². The van der Waals surface area contributed by atoms with Crippen LogP contribution in [0.15, 0.2) is 0 Å². The van der Waals surface area contributed by atoms with Crippen LogP contribution < -0.4 is 0 Å². The van der Waals surface area contributed by atoms with Crippen molar-refractivity contribution in [3.05, 3.63) is 0 Å². The van der Waals surface area contributed by atoms with Crippen LogP contribution in [-0.4, -0.2) is 60.3 Å². The zero-order valence-electron chi connectivity index (χ0n) is 15.2. The fraction of sp³-hybridized carbons (Fsp3) is 1.00. The van der Waals surface area contributed by atoms with Crippen LogP contribution in [0.25, 0.3) is 0 Å². The Morgan fingerprint density at radius 1 is 0.905 bits per heavy atom. The van der Waals surface area contributed by atoms with Crippen molar-refractivity contribution in [1.29, 1.82) is 0 Å². The minimum Gasteiger partial charge on any atom is -0.375 e. The maximum atomic E-state index is 5.88. The molecule has 0 aliphatic carbocycles. The van der Waals surface area contributed by atoms with Gasteiger partial charge in [0.05, 0.1) is 12.2 Å². The average molecular weight is 296 g/mol. The Labute approximate surface area is 132 Å². The number of nitrogens with zero attached hydrogens (tertiary/aromatic N) is 2. The van der Waals surface area contributed by atoms with Crippen LogP contribution in [0.5, 0.6) is 0 Å². The number of ether oxygens (including phenoxy) is 1. The Morgan fingerprint density at radius 3 is 2.00 bits per heavy atom. The summed E-state index contributed by atoms with van der Waals surface area (Å²) in [5.74, 6) is 0. The maximum Gasteiger partial charge on any atom is 0.0600 e. The Bertz CT molecular complexity index is 332. The van der Waals surface area contributed by atoms with E-state index in [9.17, 15) is 0 Å². The first-order chi connectivity index (χ1) is 9.60. The predicted molar refractivity (Wildman–Crippen MR) is 89.8 cm³/mol. The highest BCUT2D eigenvalue weighted by molar-refractivity contribution is 4.95. The molecule has 124 valence electrons. The van der Waals surface area contributed by atoms with Gasteiger partial charge in [-0.2, -0.15) is 0 Å². The van der Waals surface area contributed by atoms with Crippen LogP contribution in [0.2, 0.25) is 0 Å². The fourth-order valence-electron chi connectivity index (χ4n) is 3.76. The third kappa shape index (κ3) is 4.94. The molecule has 0 bridgehead atoms. The molecule has 3 heteroatoms. The van der Waals surface area contributed by atoms with Gasteiger partial charge in [0.2, 0.25) is 0 Å². The van der Waals surface area contributed by atoms with Crippen molar-refractivity contribution in [3.8, 4) is 0 Å². The Morgan fingerprint density at radius 2 is 1.48 bits per heavy atom. The second-order valence-electron chi connectivity index (χ2n) is 9.14. The largest absolute Gasteiger partial charge is 0.375 e.